The summed E-state index contributed by atoms with van der Waals surface area (Å²) in [5, 5.41) is 8.89. The molecule has 1 N–H and O–H groups in total. The van der Waals surface area contributed by atoms with Gasteiger partial charge in [-0.1, -0.05) is 0 Å². The van der Waals surface area contributed by atoms with Crippen LogP contribution >= 0.6 is 0 Å². The van der Waals surface area contributed by atoms with Gasteiger partial charge in [-0.25, -0.2) is 9.78 Å². The Balaban J connectivity index is 2.21. The number of halogens is 3. The third-order valence-electron chi connectivity index (χ3n) is 3.24. The van der Waals surface area contributed by atoms with E-state index in [1.807, 2.05) is 0 Å². The molecule has 120 valence electrons. The minimum atomic E-state index is -4.58. The Morgan fingerprint density at radius 1 is 1.41 bits per heavy atom. The van der Waals surface area contributed by atoms with Gasteiger partial charge in [0, 0.05) is 6.54 Å². The van der Waals surface area contributed by atoms with Gasteiger partial charge in [-0.05, 0) is 19.1 Å². The molecule has 22 heavy (non-hydrogen) atoms. The summed E-state index contributed by atoms with van der Waals surface area (Å²) < 4.78 is 42.7. The summed E-state index contributed by atoms with van der Waals surface area (Å²) in [4.78, 5) is 27.8. The number of carbonyl (C=O) groups excluding carboxylic acids is 1. The molecule has 0 unspecified atom stereocenters. The molecule has 2 heterocycles. The van der Waals surface area contributed by atoms with Gasteiger partial charge in [0.2, 0.25) is 0 Å². The fraction of sp³-hybridized carbons (Fsp3) is 0.462. The van der Waals surface area contributed by atoms with Crippen molar-refractivity contribution in [2.75, 3.05) is 19.7 Å². The fourth-order valence-electron chi connectivity index (χ4n) is 2.10. The van der Waals surface area contributed by atoms with E-state index in [2.05, 4.69) is 4.98 Å². The van der Waals surface area contributed by atoms with E-state index in [-0.39, 0.29) is 31.0 Å². The minimum Gasteiger partial charge on any atom is -0.479 e. The van der Waals surface area contributed by atoms with E-state index in [9.17, 15) is 22.8 Å². The second-order valence-electron chi connectivity index (χ2n) is 4.78. The van der Waals surface area contributed by atoms with Gasteiger partial charge in [-0.15, -0.1) is 0 Å². The number of rotatable bonds is 2. The highest BCUT2D eigenvalue weighted by Gasteiger charge is 2.34. The van der Waals surface area contributed by atoms with Crippen LogP contribution in [0, 0.1) is 6.92 Å². The van der Waals surface area contributed by atoms with Gasteiger partial charge >= 0.3 is 12.1 Å². The van der Waals surface area contributed by atoms with Crippen LogP contribution in [-0.4, -0.2) is 52.7 Å². The molecule has 0 aromatic carbocycles. The van der Waals surface area contributed by atoms with Crippen LogP contribution in [0.3, 0.4) is 0 Å². The van der Waals surface area contributed by atoms with Crippen LogP contribution in [-0.2, 0) is 15.7 Å². The molecule has 1 atom stereocenters. The molecule has 0 aliphatic carbocycles. The SMILES string of the molecule is Cc1nc(C(F)(F)F)ccc1C(=O)N1CCO[C@@H](C(=O)O)C1. The first-order chi connectivity index (χ1) is 10.2. The molecule has 1 amide bonds. The number of alkyl halides is 3. The normalized spacial score (nSPS) is 19.1. The van der Waals surface area contributed by atoms with Crippen molar-refractivity contribution >= 4 is 11.9 Å². The highest BCUT2D eigenvalue weighted by atomic mass is 19.4. The first-order valence-electron chi connectivity index (χ1n) is 6.38. The van der Waals surface area contributed by atoms with Crippen molar-refractivity contribution in [2.24, 2.45) is 0 Å². The summed E-state index contributed by atoms with van der Waals surface area (Å²) >= 11 is 0. The van der Waals surface area contributed by atoms with Crippen molar-refractivity contribution < 1.29 is 32.6 Å². The summed E-state index contributed by atoms with van der Waals surface area (Å²) in [5.74, 6) is -1.76. The Hall–Kier alpha value is -2.16. The highest BCUT2D eigenvalue weighted by molar-refractivity contribution is 5.95. The van der Waals surface area contributed by atoms with Crippen molar-refractivity contribution in [3.8, 4) is 0 Å². The maximum absolute atomic E-state index is 12.6. The van der Waals surface area contributed by atoms with Crippen molar-refractivity contribution in [1.82, 2.24) is 9.88 Å². The first kappa shape index (κ1) is 16.2. The van der Waals surface area contributed by atoms with E-state index in [0.717, 1.165) is 12.1 Å². The number of aliphatic carboxylic acids is 1. The van der Waals surface area contributed by atoms with Gasteiger partial charge in [-0.3, -0.25) is 4.79 Å². The number of morpholine rings is 1. The lowest BCUT2D eigenvalue weighted by molar-refractivity contribution is -0.154. The maximum Gasteiger partial charge on any atom is 0.433 e. The summed E-state index contributed by atoms with van der Waals surface area (Å²) in [6, 6.07) is 1.79. The molecule has 1 aromatic rings. The lowest BCUT2D eigenvalue weighted by Crippen LogP contribution is -2.48. The van der Waals surface area contributed by atoms with Crippen LogP contribution in [0.25, 0.3) is 0 Å². The molecule has 1 saturated heterocycles. The highest BCUT2D eigenvalue weighted by Crippen LogP contribution is 2.28. The Labute approximate surface area is 123 Å². The van der Waals surface area contributed by atoms with Gasteiger partial charge in [0.05, 0.1) is 24.4 Å². The van der Waals surface area contributed by atoms with E-state index < -0.39 is 29.9 Å². The molecular weight excluding hydrogens is 305 g/mol. The monoisotopic (exact) mass is 318 g/mol. The van der Waals surface area contributed by atoms with Gasteiger partial charge in [0.25, 0.3) is 5.91 Å². The van der Waals surface area contributed by atoms with Crippen LogP contribution in [0.15, 0.2) is 12.1 Å². The third kappa shape index (κ3) is 3.35. The zero-order valence-corrected chi connectivity index (χ0v) is 11.6. The minimum absolute atomic E-state index is 0.0130. The molecule has 6 nitrogen and oxygen atoms in total. The number of aromatic nitrogens is 1. The summed E-state index contributed by atoms with van der Waals surface area (Å²) in [5.41, 5.74) is -1.12. The molecule has 1 aliphatic heterocycles. The predicted molar refractivity (Wildman–Crippen MR) is 67.3 cm³/mol. The average Bonchev–Trinajstić information content (AvgIpc) is 2.45. The summed E-state index contributed by atoms with van der Waals surface area (Å²) in [7, 11) is 0. The molecule has 0 spiro atoms. The van der Waals surface area contributed by atoms with E-state index in [1.165, 1.54) is 11.8 Å². The molecule has 1 aromatic heterocycles. The Bertz CT molecular complexity index is 603. The molecule has 0 bridgehead atoms. The van der Waals surface area contributed by atoms with Crippen LogP contribution in [0.5, 0.6) is 0 Å². The number of carbonyl (C=O) groups is 2. The molecule has 0 saturated carbocycles. The second-order valence-corrected chi connectivity index (χ2v) is 4.78. The predicted octanol–water partition coefficient (Wildman–Crippen LogP) is 1.33. The van der Waals surface area contributed by atoms with E-state index in [1.54, 1.807) is 0 Å². The second kappa shape index (κ2) is 5.91. The molecule has 0 radical (unpaired) electrons. The summed E-state index contributed by atoms with van der Waals surface area (Å²) in [6.45, 7) is 1.37. The molecular formula is C13H13F3N2O4. The first-order valence-corrected chi connectivity index (χ1v) is 6.38. The van der Waals surface area contributed by atoms with Gasteiger partial charge < -0.3 is 14.7 Å². The molecule has 1 aliphatic rings. The van der Waals surface area contributed by atoms with Crippen LogP contribution in [0.1, 0.15) is 21.7 Å². The van der Waals surface area contributed by atoms with Crippen molar-refractivity contribution in [1.29, 1.82) is 0 Å². The smallest absolute Gasteiger partial charge is 0.433 e. The number of hydrogen-bond acceptors (Lipinski definition) is 4. The largest absolute Gasteiger partial charge is 0.479 e. The number of carboxylic acid groups (broad SMARTS) is 1. The number of aryl methyl sites for hydroxylation is 1. The molecule has 2 rings (SSSR count). The number of amides is 1. The Morgan fingerprint density at radius 3 is 2.64 bits per heavy atom. The zero-order chi connectivity index (χ0) is 16.5. The number of pyridine rings is 1. The molecule has 1 fully saturated rings. The Kier molecular flexibility index (Phi) is 4.36. The van der Waals surface area contributed by atoms with Gasteiger partial charge in [0.1, 0.15) is 5.69 Å². The van der Waals surface area contributed by atoms with Crippen molar-refractivity contribution in [2.45, 2.75) is 19.2 Å². The van der Waals surface area contributed by atoms with E-state index in [4.69, 9.17) is 9.84 Å². The maximum atomic E-state index is 12.6. The summed E-state index contributed by atoms with van der Waals surface area (Å²) in [6.07, 6.45) is -5.72. The number of carboxylic acids is 1. The lowest BCUT2D eigenvalue weighted by atomic mass is 10.1. The van der Waals surface area contributed by atoms with Crippen LogP contribution < -0.4 is 0 Å². The van der Waals surface area contributed by atoms with Crippen molar-refractivity contribution in [3.63, 3.8) is 0 Å². The van der Waals surface area contributed by atoms with Gasteiger partial charge in [0.15, 0.2) is 6.10 Å². The van der Waals surface area contributed by atoms with Crippen molar-refractivity contribution in [3.05, 3.63) is 29.1 Å². The lowest BCUT2D eigenvalue weighted by Gasteiger charge is -2.31. The molecule has 9 heteroatoms. The number of nitrogens with zero attached hydrogens (tertiary/aromatic N) is 2. The number of hydrogen-bond donors (Lipinski definition) is 1. The average molecular weight is 318 g/mol. The third-order valence-corrected chi connectivity index (χ3v) is 3.24. The quantitative estimate of drug-likeness (QED) is 0.890. The van der Waals surface area contributed by atoms with E-state index >= 15 is 0 Å². The standard InChI is InChI=1S/C13H13F3N2O4/c1-7-8(2-3-10(17-7)13(14,15)16)11(19)18-4-5-22-9(6-18)12(20)21/h2-3,9H,4-6H2,1H3,(H,20,21)/t9-/m1/s1. The fourth-order valence-corrected chi connectivity index (χ4v) is 2.10. The van der Waals surface area contributed by atoms with Crippen LogP contribution in [0.4, 0.5) is 13.2 Å². The topological polar surface area (TPSA) is 79.7 Å². The number of ether oxygens (including phenoxy) is 1. The van der Waals surface area contributed by atoms with Crippen LogP contribution in [0.2, 0.25) is 0 Å². The zero-order valence-electron chi connectivity index (χ0n) is 11.6. The Morgan fingerprint density at radius 2 is 2.09 bits per heavy atom. The van der Waals surface area contributed by atoms with Gasteiger partial charge in [-0.2, -0.15) is 13.2 Å². The van der Waals surface area contributed by atoms with E-state index in [0.29, 0.717) is 0 Å².